The molecule has 1 unspecified atom stereocenters. The third-order valence-electron chi connectivity index (χ3n) is 4.25. The third kappa shape index (κ3) is 2.85. The Labute approximate surface area is 119 Å². The number of benzene rings is 1. The summed E-state index contributed by atoms with van der Waals surface area (Å²) >= 11 is 0. The minimum absolute atomic E-state index is 0.145. The molecule has 2 rings (SSSR count). The van der Waals surface area contributed by atoms with Crippen LogP contribution in [0.15, 0.2) is 24.3 Å². The van der Waals surface area contributed by atoms with Gasteiger partial charge in [-0.05, 0) is 37.0 Å². The molecule has 1 aliphatic rings. The minimum Gasteiger partial charge on any atom is -0.465 e. The lowest BCUT2D eigenvalue weighted by Gasteiger charge is -2.37. The molecule has 0 radical (unpaired) electrons. The van der Waals surface area contributed by atoms with Crippen molar-refractivity contribution in [3.63, 3.8) is 0 Å². The van der Waals surface area contributed by atoms with Crippen LogP contribution >= 0.6 is 0 Å². The number of carbonyl (C=O) groups excluding carboxylic acids is 1. The summed E-state index contributed by atoms with van der Waals surface area (Å²) in [5, 5.41) is 0. The van der Waals surface area contributed by atoms with E-state index in [1.54, 1.807) is 19.1 Å². The van der Waals surface area contributed by atoms with E-state index in [1.165, 1.54) is 18.6 Å². The third-order valence-corrected chi connectivity index (χ3v) is 4.25. The largest absolute Gasteiger partial charge is 0.465 e. The number of ether oxygens (including phenoxy) is 1. The molecule has 1 aromatic carbocycles. The number of hydrogen-bond donors (Lipinski definition) is 1. The van der Waals surface area contributed by atoms with Crippen molar-refractivity contribution < 1.29 is 13.9 Å². The van der Waals surface area contributed by atoms with Crippen molar-refractivity contribution in [3.05, 3.63) is 35.6 Å². The maximum Gasteiger partial charge on any atom is 0.317 e. The van der Waals surface area contributed by atoms with E-state index in [1.807, 2.05) is 0 Å². The Balaban J connectivity index is 2.36. The molecule has 20 heavy (non-hydrogen) atoms. The first kappa shape index (κ1) is 15.0. The Hall–Kier alpha value is -1.42. The van der Waals surface area contributed by atoms with Crippen LogP contribution in [0.4, 0.5) is 4.39 Å². The van der Waals surface area contributed by atoms with E-state index in [9.17, 15) is 9.18 Å². The highest BCUT2D eigenvalue weighted by atomic mass is 19.1. The summed E-state index contributed by atoms with van der Waals surface area (Å²) in [4.78, 5) is 12.5. The van der Waals surface area contributed by atoms with Crippen molar-refractivity contribution in [1.82, 2.24) is 0 Å². The number of hydrogen-bond acceptors (Lipinski definition) is 3. The SMILES string of the molecule is CCOC(=O)C(CN)(CC1CCC1)c1cccc(F)c1. The van der Waals surface area contributed by atoms with Crippen molar-refractivity contribution in [2.75, 3.05) is 13.2 Å². The monoisotopic (exact) mass is 279 g/mol. The highest BCUT2D eigenvalue weighted by Gasteiger charge is 2.43. The topological polar surface area (TPSA) is 52.3 Å². The van der Waals surface area contributed by atoms with E-state index in [-0.39, 0.29) is 18.3 Å². The number of halogens is 1. The predicted octanol–water partition coefficient (Wildman–Crippen LogP) is 2.78. The van der Waals surface area contributed by atoms with E-state index < -0.39 is 5.41 Å². The zero-order valence-electron chi connectivity index (χ0n) is 11.9. The van der Waals surface area contributed by atoms with Crippen LogP contribution in [-0.4, -0.2) is 19.1 Å². The van der Waals surface area contributed by atoms with Gasteiger partial charge in [0.15, 0.2) is 0 Å². The Morgan fingerprint density at radius 3 is 2.75 bits per heavy atom. The molecule has 3 nitrogen and oxygen atoms in total. The lowest BCUT2D eigenvalue weighted by atomic mass is 9.68. The second kappa shape index (κ2) is 6.35. The van der Waals surface area contributed by atoms with E-state index in [0.717, 1.165) is 12.8 Å². The van der Waals surface area contributed by atoms with Gasteiger partial charge in [-0.3, -0.25) is 4.79 Å². The van der Waals surface area contributed by atoms with Gasteiger partial charge in [-0.2, -0.15) is 0 Å². The fraction of sp³-hybridized carbons (Fsp3) is 0.562. The molecule has 110 valence electrons. The number of esters is 1. The van der Waals surface area contributed by atoms with Gasteiger partial charge in [-0.15, -0.1) is 0 Å². The summed E-state index contributed by atoms with van der Waals surface area (Å²) in [5.74, 6) is -0.204. The molecule has 4 heteroatoms. The molecular formula is C16H22FNO2. The van der Waals surface area contributed by atoms with Crippen LogP contribution < -0.4 is 5.73 Å². The zero-order valence-corrected chi connectivity index (χ0v) is 11.9. The first-order valence-electron chi connectivity index (χ1n) is 7.25. The summed E-state index contributed by atoms with van der Waals surface area (Å²) in [6.45, 7) is 2.22. The molecule has 0 aliphatic heterocycles. The van der Waals surface area contributed by atoms with Crippen molar-refractivity contribution in [1.29, 1.82) is 0 Å². The Morgan fingerprint density at radius 1 is 1.50 bits per heavy atom. The molecule has 0 spiro atoms. The highest BCUT2D eigenvalue weighted by molar-refractivity contribution is 5.83. The molecule has 1 fully saturated rings. The predicted molar refractivity (Wildman–Crippen MR) is 75.7 cm³/mol. The second-order valence-electron chi connectivity index (χ2n) is 5.52. The quantitative estimate of drug-likeness (QED) is 0.815. The van der Waals surface area contributed by atoms with Crippen molar-refractivity contribution in [2.45, 2.75) is 38.0 Å². The number of rotatable bonds is 6. The van der Waals surface area contributed by atoms with Crippen LogP contribution in [0.5, 0.6) is 0 Å². The van der Waals surface area contributed by atoms with Crippen molar-refractivity contribution >= 4 is 5.97 Å². The Bertz CT molecular complexity index is 473. The van der Waals surface area contributed by atoms with Crippen molar-refractivity contribution in [2.24, 2.45) is 11.7 Å². The molecule has 1 aromatic rings. The van der Waals surface area contributed by atoms with Crippen molar-refractivity contribution in [3.8, 4) is 0 Å². The molecule has 1 atom stereocenters. The van der Waals surface area contributed by atoms with Crippen LogP contribution in [-0.2, 0) is 14.9 Å². The fourth-order valence-corrected chi connectivity index (χ4v) is 2.85. The normalized spacial score (nSPS) is 18.1. The summed E-state index contributed by atoms with van der Waals surface area (Å²) < 4.78 is 18.7. The van der Waals surface area contributed by atoms with Gasteiger partial charge < -0.3 is 10.5 Å². The van der Waals surface area contributed by atoms with Crippen LogP contribution in [0.25, 0.3) is 0 Å². The van der Waals surface area contributed by atoms with Crippen LogP contribution in [0.1, 0.15) is 38.2 Å². The molecule has 0 aromatic heterocycles. The lowest BCUT2D eigenvalue weighted by Crippen LogP contribution is -2.46. The summed E-state index contributed by atoms with van der Waals surface area (Å²) in [7, 11) is 0. The minimum atomic E-state index is -0.913. The van der Waals surface area contributed by atoms with Crippen LogP contribution in [0, 0.1) is 11.7 Å². The maximum atomic E-state index is 13.5. The first-order chi connectivity index (χ1) is 9.62. The lowest BCUT2D eigenvalue weighted by molar-refractivity contribution is -0.151. The summed E-state index contributed by atoms with van der Waals surface area (Å²) in [6, 6.07) is 6.17. The fourth-order valence-electron chi connectivity index (χ4n) is 2.85. The molecule has 1 saturated carbocycles. The van der Waals surface area contributed by atoms with Crippen LogP contribution in [0.3, 0.4) is 0 Å². The van der Waals surface area contributed by atoms with Gasteiger partial charge in [0.05, 0.1) is 6.61 Å². The Kier molecular flexibility index (Phi) is 4.76. The summed E-state index contributed by atoms with van der Waals surface area (Å²) in [5.41, 5.74) is 5.64. The van der Waals surface area contributed by atoms with Gasteiger partial charge in [0.25, 0.3) is 0 Å². The van der Waals surface area contributed by atoms with E-state index in [0.29, 0.717) is 24.5 Å². The second-order valence-corrected chi connectivity index (χ2v) is 5.52. The highest BCUT2D eigenvalue weighted by Crippen LogP contribution is 2.40. The molecular weight excluding hydrogens is 257 g/mol. The van der Waals surface area contributed by atoms with Gasteiger partial charge in [0.1, 0.15) is 11.2 Å². The maximum absolute atomic E-state index is 13.5. The van der Waals surface area contributed by atoms with Gasteiger partial charge in [0.2, 0.25) is 0 Å². The van der Waals surface area contributed by atoms with Gasteiger partial charge in [-0.25, -0.2) is 4.39 Å². The average molecular weight is 279 g/mol. The summed E-state index contributed by atoms with van der Waals surface area (Å²) in [6.07, 6.45) is 4.05. The van der Waals surface area contributed by atoms with E-state index in [2.05, 4.69) is 0 Å². The molecule has 1 aliphatic carbocycles. The molecule has 0 heterocycles. The van der Waals surface area contributed by atoms with Gasteiger partial charge >= 0.3 is 5.97 Å². The first-order valence-corrected chi connectivity index (χ1v) is 7.25. The number of nitrogens with two attached hydrogens (primary N) is 1. The molecule has 0 amide bonds. The molecule has 2 N–H and O–H groups in total. The molecule has 0 bridgehead atoms. The standard InChI is InChI=1S/C16H22FNO2/c1-2-20-15(19)16(11-18,10-12-5-3-6-12)13-7-4-8-14(17)9-13/h4,7-9,12H,2-3,5-6,10-11,18H2,1H3. The van der Waals surface area contributed by atoms with Crippen LogP contribution in [0.2, 0.25) is 0 Å². The number of carbonyl (C=O) groups is 1. The molecule has 0 saturated heterocycles. The van der Waals surface area contributed by atoms with E-state index >= 15 is 0 Å². The zero-order chi connectivity index (χ0) is 14.6. The van der Waals surface area contributed by atoms with Gasteiger partial charge in [-0.1, -0.05) is 31.4 Å². The average Bonchev–Trinajstić information content (AvgIpc) is 2.38. The van der Waals surface area contributed by atoms with E-state index in [4.69, 9.17) is 10.5 Å². The van der Waals surface area contributed by atoms with Gasteiger partial charge in [0, 0.05) is 6.54 Å². The smallest absolute Gasteiger partial charge is 0.317 e. The Morgan fingerprint density at radius 2 is 2.25 bits per heavy atom.